The lowest BCUT2D eigenvalue weighted by atomic mass is 10.2. The molecular weight excluding hydrogens is 268 g/mol. The fraction of sp³-hybridized carbons (Fsp3) is 0.385. The molecule has 1 aromatic carbocycles. The molecular formula is C13H17BrS. The van der Waals surface area contributed by atoms with Crippen molar-refractivity contribution in [3.63, 3.8) is 0 Å². The summed E-state index contributed by atoms with van der Waals surface area (Å²) in [6.45, 7) is 2.23. The normalized spacial score (nSPS) is 11.7. The minimum Gasteiger partial charge on any atom is -0.0972 e. The lowest BCUT2D eigenvalue weighted by molar-refractivity contribution is 0.727. The van der Waals surface area contributed by atoms with Crippen LogP contribution in [0.5, 0.6) is 0 Å². The van der Waals surface area contributed by atoms with Gasteiger partial charge < -0.3 is 0 Å². The summed E-state index contributed by atoms with van der Waals surface area (Å²) < 4.78 is 1.31. The number of hydrogen-bond acceptors (Lipinski definition) is 1. The average Bonchev–Trinajstić information content (AvgIpc) is 2.28. The van der Waals surface area contributed by atoms with Gasteiger partial charge in [-0.15, -0.1) is 0 Å². The zero-order chi connectivity index (χ0) is 10.9. The second-order valence-corrected chi connectivity index (χ2v) is 5.41. The van der Waals surface area contributed by atoms with Crippen molar-refractivity contribution in [1.82, 2.24) is 0 Å². The summed E-state index contributed by atoms with van der Waals surface area (Å²) in [5, 5.41) is 2.20. The van der Waals surface area contributed by atoms with Gasteiger partial charge >= 0.3 is 0 Å². The van der Waals surface area contributed by atoms with Crippen LogP contribution in [0.15, 0.2) is 45.1 Å². The van der Waals surface area contributed by atoms with E-state index in [0.29, 0.717) is 0 Å². The largest absolute Gasteiger partial charge is 0.0972 e. The second-order valence-electron chi connectivity index (χ2n) is 3.45. The highest BCUT2D eigenvalue weighted by Gasteiger charge is 1.93. The third-order valence-corrected chi connectivity index (χ3v) is 3.96. The van der Waals surface area contributed by atoms with Crippen molar-refractivity contribution in [1.29, 1.82) is 0 Å². The zero-order valence-corrected chi connectivity index (χ0v) is 11.5. The summed E-state index contributed by atoms with van der Waals surface area (Å²) in [4.78, 5) is 1.30. The van der Waals surface area contributed by atoms with Gasteiger partial charge in [-0.3, -0.25) is 0 Å². The summed E-state index contributed by atoms with van der Waals surface area (Å²) >= 11 is 5.38. The van der Waals surface area contributed by atoms with Crippen LogP contribution in [-0.4, -0.2) is 0 Å². The minimum atomic E-state index is 1.16. The third-order valence-electron chi connectivity index (χ3n) is 2.09. The van der Waals surface area contributed by atoms with Crippen LogP contribution in [0.1, 0.15) is 32.6 Å². The van der Waals surface area contributed by atoms with Crippen LogP contribution in [0.2, 0.25) is 0 Å². The van der Waals surface area contributed by atoms with Gasteiger partial charge in [-0.05, 0) is 30.4 Å². The van der Waals surface area contributed by atoms with Crippen LogP contribution < -0.4 is 0 Å². The highest BCUT2D eigenvalue weighted by atomic mass is 79.9. The van der Waals surface area contributed by atoms with Gasteiger partial charge in [0.05, 0.1) is 0 Å². The van der Waals surface area contributed by atoms with Gasteiger partial charge in [0.1, 0.15) is 0 Å². The fourth-order valence-corrected chi connectivity index (χ4v) is 2.49. The van der Waals surface area contributed by atoms with Crippen molar-refractivity contribution in [2.24, 2.45) is 0 Å². The molecule has 0 saturated heterocycles. The molecule has 0 N–H and O–H groups in total. The molecule has 0 nitrogen and oxygen atoms in total. The predicted octanol–water partition coefficient (Wildman–Crippen LogP) is 5.60. The van der Waals surface area contributed by atoms with Crippen LogP contribution in [0.3, 0.4) is 0 Å². The Balaban J connectivity index is 2.31. The lowest BCUT2D eigenvalue weighted by Gasteiger charge is -1.99. The topological polar surface area (TPSA) is 0 Å². The molecule has 1 aromatic rings. The molecule has 0 atom stereocenters. The van der Waals surface area contributed by atoms with E-state index in [1.54, 1.807) is 11.8 Å². The zero-order valence-electron chi connectivity index (χ0n) is 9.08. The Morgan fingerprint density at radius 1 is 1.27 bits per heavy atom. The van der Waals surface area contributed by atoms with E-state index >= 15 is 0 Å². The van der Waals surface area contributed by atoms with Crippen LogP contribution in [0, 0.1) is 0 Å². The first kappa shape index (κ1) is 12.9. The second kappa shape index (κ2) is 8.00. The molecule has 0 saturated carbocycles. The van der Waals surface area contributed by atoms with E-state index in [1.807, 2.05) is 6.07 Å². The van der Waals surface area contributed by atoms with Crippen molar-refractivity contribution in [3.05, 3.63) is 40.2 Å². The van der Waals surface area contributed by atoms with Crippen molar-refractivity contribution in [2.75, 3.05) is 0 Å². The van der Waals surface area contributed by atoms with Gasteiger partial charge in [-0.2, -0.15) is 0 Å². The van der Waals surface area contributed by atoms with Crippen molar-refractivity contribution in [3.8, 4) is 0 Å². The van der Waals surface area contributed by atoms with Crippen LogP contribution in [-0.2, 0) is 0 Å². The first-order valence-corrected chi connectivity index (χ1v) is 7.06. The van der Waals surface area contributed by atoms with E-state index in [2.05, 4.69) is 52.5 Å². The molecule has 0 fully saturated rings. The first-order valence-electron chi connectivity index (χ1n) is 5.39. The quantitative estimate of drug-likeness (QED) is 0.484. The number of thioether (sulfide) groups is 1. The molecule has 0 aliphatic rings. The van der Waals surface area contributed by atoms with E-state index in [1.165, 1.54) is 28.6 Å². The number of unbranched alkanes of at least 4 members (excludes halogenated alkanes) is 2. The van der Waals surface area contributed by atoms with Gasteiger partial charge in [0.25, 0.3) is 0 Å². The van der Waals surface area contributed by atoms with E-state index in [9.17, 15) is 0 Å². The highest BCUT2D eigenvalue weighted by molar-refractivity contribution is 9.11. The van der Waals surface area contributed by atoms with E-state index in [0.717, 1.165) is 6.42 Å². The van der Waals surface area contributed by atoms with Gasteiger partial charge in [-0.25, -0.2) is 0 Å². The van der Waals surface area contributed by atoms with Crippen molar-refractivity contribution >= 4 is 27.7 Å². The SMILES string of the molecule is CCCCC/C(Br)=C/Sc1ccccc1. The van der Waals surface area contributed by atoms with Crippen LogP contribution in [0.25, 0.3) is 0 Å². The summed E-state index contributed by atoms with van der Waals surface area (Å²) in [5.41, 5.74) is 0. The summed E-state index contributed by atoms with van der Waals surface area (Å²) in [6, 6.07) is 10.5. The maximum atomic E-state index is 3.61. The number of benzene rings is 1. The molecule has 0 unspecified atom stereocenters. The van der Waals surface area contributed by atoms with Gasteiger partial charge in [0.15, 0.2) is 0 Å². The Bertz CT molecular complexity index is 293. The van der Waals surface area contributed by atoms with Crippen LogP contribution >= 0.6 is 27.7 Å². The lowest BCUT2D eigenvalue weighted by Crippen LogP contribution is -1.75. The van der Waals surface area contributed by atoms with E-state index in [-0.39, 0.29) is 0 Å². The summed E-state index contributed by atoms with van der Waals surface area (Å²) in [7, 11) is 0. The Kier molecular flexibility index (Phi) is 6.86. The number of hydrogen-bond donors (Lipinski definition) is 0. The maximum Gasteiger partial charge on any atom is 0.0116 e. The Morgan fingerprint density at radius 3 is 2.67 bits per heavy atom. The molecule has 0 radical (unpaired) electrons. The smallest absolute Gasteiger partial charge is 0.0116 e. The van der Waals surface area contributed by atoms with Crippen LogP contribution in [0.4, 0.5) is 0 Å². The minimum absolute atomic E-state index is 1.16. The van der Waals surface area contributed by atoms with Crippen molar-refractivity contribution < 1.29 is 0 Å². The van der Waals surface area contributed by atoms with Crippen molar-refractivity contribution in [2.45, 2.75) is 37.5 Å². The van der Waals surface area contributed by atoms with E-state index in [4.69, 9.17) is 0 Å². The van der Waals surface area contributed by atoms with Gasteiger partial charge in [-0.1, -0.05) is 65.7 Å². The predicted molar refractivity (Wildman–Crippen MR) is 73.5 cm³/mol. The maximum absolute atomic E-state index is 3.61. The highest BCUT2D eigenvalue weighted by Crippen LogP contribution is 2.24. The number of allylic oxidation sites excluding steroid dienone is 1. The number of rotatable bonds is 6. The molecule has 0 heterocycles. The first-order chi connectivity index (χ1) is 7.33. The molecule has 0 aliphatic heterocycles. The monoisotopic (exact) mass is 284 g/mol. The summed E-state index contributed by atoms with van der Waals surface area (Å²) in [5.74, 6) is 0. The molecule has 2 heteroatoms. The molecule has 0 spiro atoms. The molecule has 0 aliphatic carbocycles. The molecule has 82 valence electrons. The molecule has 0 bridgehead atoms. The Hall–Kier alpha value is -0.210. The number of halogens is 1. The average molecular weight is 285 g/mol. The standard InChI is InChI=1S/C13H17BrS/c1-2-3-5-8-12(14)11-15-13-9-6-4-7-10-13/h4,6-7,9-11H,2-3,5,8H2,1H3/b12-11-. The Labute approximate surface area is 105 Å². The van der Waals surface area contributed by atoms with E-state index < -0.39 is 0 Å². The fourth-order valence-electron chi connectivity index (χ4n) is 1.23. The molecule has 0 amide bonds. The molecule has 1 rings (SSSR count). The molecule has 0 aromatic heterocycles. The molecule has 15 heavy (non-hydrogen) atoms. The van der Waals surface area contributed by atoms with Gasteiger partial charge in [0.2, 0.25) is 0 Å². The van der Waals surface area contributed by atoms with Gasteiger partial charge in [0, 0.05) is 9.38 Å². The summed E-state index contributed by atoms with van der Waals surface area (Å²) in [6.07, 6.45) is 5.04. The third kappa shape index (κ3) is 6.06. The Morgan fingerprint density at radius 2 is 2.00 bits per heavy atom.